The van der Waals surface area contributed by atoms with Gasteiger partial charge >= 0.3 is 0 Å². The van der Waals surface area contributed by atoms with Gasteiger partial charge in [0.15, 0.2) is 0 Å². The van der Waals surface area contributed by atoms with E-state index in [2.05, 4.69) is 0 Å². The summed E-state index contributed by atoms with van der Waals surface area (Å²) in [6.45, 7) is 0.253. The number of rotatable bonds is 3. The summed E-state index contributed by atoms with van der Waals surface area (Å²) in [6, 6.07) is 7.05. The Balaban J connectivity index is 2.87. The van der Waals surface area contributed by atoms with Crippen molar-refractivity contribution in [3.05, 3.63) is 23.8 Å². The number of amides is 1. The van der Waals surface area contributed by atoms with Crippen LogP contribution in [-0.2, 0) is 4.79 Å². The molecule has 1 aromatic rings. The average Bonchev–Trinajstić information content (AvgIpc) is 2.28. The van der Waals surface area contributed by atoms with Gasteiger partial charge in [-0.2, -0.15) is 5.26 Å². The Hall–Kier alpha value is -2.22. The Bertz CT molecular complexity index is 462. The van der Waals surface area contributed by atoms with Gasteiger partial charge in [-0.25, -0.2) is 0 Å². The molecule has 0 saturated heterocycles. The number of benzene rings is 1. The van der Waals surface area contributed by atoms with Crippen molar-refractivity contribution >= 4 is 17.3 Å². The molecule has 1 amide bonds. The first-order chi connectivity index (χ1) is 7.95. The Morgan fingerprint density at radius 3 is 2.53 bits per heavy atom. The Labute approximate surface area is 101 Å². The van der Waals surface area contributed by atoms with Crippen LogP contribution in [0.5, 0.6) is 0 Å². The van der Waals surface area contributed by atoms with Gasteiger partial charge in [-0.15, -0.1) is 0 Å². The second-order valence-corrected chi connectivity index (χ2v) is 4.03. The van der Waals surface area contributed by atoms with Crippen LogP contribution in [0.2, 0.25) is 0 Å². The molecule has 0 saturated carbocycles. The zero-order valence-corrected chi connectivity index (χ0v) is 10.3. The third-order valence-electron chi connectivity index (χ3n) is 2.44. The molecule has 5 nitrogen and oxygen atoms in total. The molecule has 0 aliphatic heterocycles. The maximum atomic E-state index is 11.6. The minimum absolute atomic E-state index is 0.00346. The highest BCUT2D eigenvalue weighted by molar-refractivity contribution is 5.82. The van der Waals surface area contributed by atoms with Crippen molar-refractivity contribution in [1.29, 1.82) is 5.26 Å². The summed E-state index contributed by atoms with van der Waals surface area (Å²) in [5.41, 5.74) is 7.59. The van der Waals surface area contributed by atoms with E-state index in [-0.39, 0.29) is 12.5 Å². The lowest BCUT2D eigenvalue weighted by Gasteiger charge is -2.22. The molecule has 0 aliphatic rings. The fourth-order valence-corrected chi connectivity index (χ4v) is 1.40. The number of nitrogens with zero attached hydrogens (tertiary/aromatic N) is 3. The predicted molar refractivity (Wildman–Crippen MR) is 67.5 cm³/mol. The van der Waals surface area contributed by atoms with Crippen LogP contribution in [0, 0.1) is 11.3 Å². The van der Waals surface area contributed by atoms with Crippen LogP contribution in [0.15, 0.2) is 18.2 Å². The van der Waals surface area contributed by atoms with E-state index < -0.39 is 0 Å². The number of nitrogens with two attached hydrogens (primary N) is 1. The number of nitrogen functional groups attached to an aromatic ring is 1. The zero-order chi connectivity index (χ0) is 13.0. The smallest absolute Gasteiger partial charge is 0.241 e. The van der Waals surface area contributed by atoms with Gasteiger partial charge in [-0.05, 0) is 18.2 Å². The maximum Gasteiger partial charge on any atom is 0.241 e. The van der Waals surface area contributed by atoms with Gasteiger partial charge in [0.2, 0.25) is 5.91 Å². The molecule has 1 rings (SSSR count). The second kappa shape index (κ2) is 5.21. The number of anilines is 2. The van der Waals surface area contributed by atoms with Crippen LogP contribution in [-0.4, -0.2) is 38.5 Å². The summed E-state index contributed by atoms with van der Waals surface area (Å²) in [4.78, 5) is 14.8. The lowest BCUT2D eigenvalue weighted by molar-refractivity contribution is -0.127. The molecule has 0 unspecified atom stereocenters. The van der Waals surface area contributed by atoms with Crippen molar-refractivity contribution < 1.29 is 4.79 Å². The largest absolute Gasteiger partial charge is 0.397 e. The van der Waals surface area contributed by atoms with Crippen molar-refractivity contribution in [2.24, 2.45) is 0 Å². The van der Waals surface area contributed by atoms with E-state index in [0.29, 0.717) is 11.3 Å². The predicted octanol–water partition coefficient (Wildman–Crippen LogP) is 0.665. The van der Waals surface area contributed by atoms with Crippen LogP contribution < -0.4 is 10.6 Å². The molecular weight excluding hydrogens is 216 g/mol. The Morgan fingerprint density at radius 2 is 2.06 bits per heavy atom. The van der Waals surface area contributed by atoms with Crippen LogP contribution in [0.3, 0.4) is 0 Å². The molecule has 0 radical (unpaired) electrons. The van der Waals surface area contributed by atoms with Gasteiger partial charge in [0.25, 0.3) is 0 Å². The van der Waals surface area contributed by atoms with E-state index in [9.17, 15) is 4.79 Å². The van der Waals surface area contributed by atoms with Gasteiger partial charge in [0.1, 0.15) is 0 Å². The van der Waals surface area contributed by atoms with Gasteiger partial charge in [-0.1, -0.05) is 0 Å². The van der Waals surface area contributed by atoms with Crippen LogP contribution in [0.25, 0.3) is 0 Å². The molecule has 0 aliphatic carbocycles. The van der Waals surface area contributed by atoms with E-state index in [1.807, 2.05) is 6.07 Å². The van der Waals surface area contributed by atoms with E-state index in [1.165, 1.54) is 4.90 Å². The highest BCUT2D eigenvalue weighted by Gasteiger charge is 2.11. The average molecular weight is 232 g/mol. The van der Waals surface area contributed by atoms with Crippen molar-refractivity contribution in [3.8, 4) is 6.07 Å². The number of likely N-dealkylation sites (N-methyl/N-ethyl adjacent to an activating group) is 2. The number of hydrogen-bond acceptors (Lipinski definition) is 4. The van der Waals surface area contributed by atoms with Gasteiger partial charge in [0.05, 0.1) is 29.6 Å². The number of carbonyl (C=O) groups is 1. The van der Waals surface area contributed by atoms with Crippen molar-refractivity contribution in [2.45, 2.75) is 0 Å². The highest BCUT2D eigenvalue weighted by Crippen LogP contribution is 2.22. The van der Waals surface area contributed by atoms with Crippen LogP contribution in [0.1, 0.15) is 5.56 Å². The summed E-state index contributed by atoms with van der Waals surface area (Å²) in [6.07, 6.45) is 0. The third kappa shape index (κ3) is 3.11. The van der Waals surface area contributed by atoms with Crippen molar-refractivity contribution in [1.82, 2.24) is 4.90 Å². The molecule has 0 atom stereocenters. The highest BCUT2D eigenvalue weighted by atomic mass is 16.2. The molecule has 17 heavy (non-hydrogen) atoms. The Morgan fingerprint density at radius 1 is 1.41 bits per heavy atom. The van der Waals surface area contributed by atoms with Gasteiger partial charge in [-0.3, -0.25) is 4.79 Å². The van der Waals surface area contributed by atoms with Crippen LogP contribution in [0.4, 0.5) is 11.4 Å². The summed E-state index contributed by atoms with van der Waals surface area (Å²) in [5, 5.41) is 8.73. The number of nitriles is 1. The fraction of sp³-hybridized carbons (Fsp3) is 0.333. The molecule has 0 aromatic heterocycles. The Kier molecular flexibility index (Phi) is 3.94. The van der Waals surface area contributed by atoms with E-state index >= 15 is 0 Å². The summed E-state index contributed by atoms with van der Waals surface area (Å²) in [5.74, 6) is -0.00346. The second-order valence-electron chi connectivity index (χ2n) is 4.03. The minimum Gasteiger partial charge on any atom is -0.397 e. The fourth-order valence-electron chi connectivity index (χ4n) is 1.40. The molecular formula is C12H16N4O. The number of hydrogen-bond donors (Lipinski definition) is 1. The first kappa shape index (κ1) is 12.8. The number of carbonyl (C=O) groups excluding carboxylic acids is 1. The molecule has 0 bridgehead atoms. The van der Waals surface area contributed by atoms with E-state index in [1.54, 1.807) is 44.2 Å². The zero-order valence-electron chi connectivity index (χ0n) is 10.3. The lowest BCUT2D eigenvalue weighted by atomic mass is 10.2. The first-order valence-electron chi connectivity index (χ1n) is 5.16. The standard InChI is InChI=1S/C12H16N4O/c1-15(2)12(17)8-16(3)11-5-4-9(7-13)6-10(11)14/h4-6H,8,14H2,1-3H3. The molecule has 0 heterocycles. The third-order valence-corrected chi connectivity index (χ3v) is 2.44. The van der Waals surface area contributed by atoms with Crippen LogP contribution >= 0.6 is 0 Å². The SMILES string of the molecule is CN(C)C(=O)CN(C)c1ccc(C#N)cc1N. The lowest BCUT2D eigenvalue weighted by Crippen LogP contribution is -2.34. The molecule has 0 spiro atoms. The quantitative estimate of drug-likeness (QED) is 0.777. The monoisotopic (exact) mass is 232 g/mol. The van der Waals surface area contributed by atoms with Gasteiger partial charge in [0, 0.05) is 21.1 Å². The first-order valence-corrected chi connectivity index (χ1v) is 5.16. The molecule has 1 aromatic carbocycles. The summed E-state index contributed by atoms with van der Waals surface area (Å²) >= 11 is 0. The maximum absolute atomic E-state index is 11.6. The topological polar surface area (TPSA) is 73.4 Å². The molecule has 0 fully saturated rings. The van der Waals surface area contributed by atoms with Gasteiger partial charge < -0.3 is 15.5 Å². The van der Waals surface area contributed by atoms with Crippen molar-refractivity contribution in [3.63, 3.8) is 0 Å². The normalized spacial score (nSPS) is 9.53. The van der Waals surface area contributed by atoms with E-state index in [0.717, 1.165) is 5.69 Å². The molecule has 5 heteroatoms. The van der Waals surface area contributed by atoms with E-state index in [4.69, 9.17) is 11.0 Å². The van der Waals surface area contributed by atoms with Crippen molar-refractivity contribution in [2.75, 3.05) is 38.3 Å². The molecule has 90 valence electrons. The minimum atomic E-state index is -0.00346. The summed E-state index contributed by atoms with van der Waals surface area (Å²) < 4.78 is 0. The molecule has 2 N–H and O–H groups in total. The summed E-state index contributed by atoms with van der Waals surface area (Å²) in [7, 11) is 5.20.